The number of aliphatic imine (C=N–C) groups is 1. The number of aromatic amines is 1. The van der Waals surface area contributed by atoms with E-state index in [1.165, 1.54) is 7.11 Å². The Morgan fingerprint density at radius 2 is 1.44 bits per heavy atom. The van der Waals surface area contributed by atoms with Crippen LogP contribution in [0.1, 0.15) is 75.0 Å². The van der Waals surface area contributed by atoms with Gasteiger partial charge in [0.25, 0.3) is 5.91 Å². The maximum atomic E-state index is 13.6. The van der Waals surface area contributed by atoms with Crippen molar-refractivity contribution in [2.24, 2.45) is 10.9 Å². The van der Waals surface area contributed by atoms with Gasteiger partial charge in [-0.1, -0.05) is 92.7 Å². The van der Waals surface area contributed by atoms with Gasteiger partial charge >= 0.3 is 6.09 Å². The molecule has 4 atom stereocenters. The Morgan fingerprint density at radius 3 is 2.14 bits per heavy atom. The van der Waals surface area contributed by atoms with E-state index in [2.05, 4.69) is 71.0 Å². The second-order valence-corrected chi connectivity index (χ2v) is 15.5. The molecule has 3 N–H and O–H groups in total. The third kappa shape index (κ3) is 7.72. The van der Waals surface area contributed by atoms with Crippen molar-refractivity contribution >= 4 is 40.0 Å². The maximum absolute atomic E-state index is 13.6. The Labute approximate surface area is 332 Å². The number of fused-ring (bicyclic) bond motifs is 1. The number of aliphatic hydroxyl groups excluding tert-OH is 1. The van der Waals surface area contributed by atoms with Crippen LogP contribution < -0.4 is 5.32 Å². The van der Waals surface area contributed by atoms with Crippen LogP contribution in [0.2, 0.25) is 0 Å². The number of hydrogen-bond donors (Lipinski definition) is 3. The Morgan fingerprint density at radius 1 is 0.807 bits per heavy atom. The van der Waals surface area contributed by atoms with Crippen molar-refractivity contribution in [3.05, 3.63) is 120 Å². The summed E-state index contributed by atoms with van der Waals surface area (Å²) in [5, 5.41) is 15.7. The summed E-state index contributed by atoms with van der Waals surface area (Å²) in [6, 6.07) is 29.5. The number of nitrogens with zero attached hydrogens (tertiary/aromatic N) is 4. The van der Waals surface area contributed by atoms with Crippen molar-refractivity contribution in [1.82, 2.24) is 25.1 Å². The first-order chi connectivity index (χ1) is 27.7. The molecule has 0 saturated carbocycles. The molecule has 0 unspecified atom stereocenters. The smallest absolute Gasteiger partial charge is 0.407 e. The van der Waals surface area contributed by atoms with Gasteiger partial charge in [0.2, 0.25) is 5.91 Å². The lowest BCUT2D eigenvalue weighted by Crippen LogP contribution is -2.51. The summed E-state index contributed by atoms with van der Waals surface area (Å²) in [5.74, 6) is 0.242. The number of alkyl carbamates (subject to hydrolysis) is 1. The Balaban J connectivity index is 0.913. The molecule has 11 nitrogen and oxygen atoms in total. The number of aliphatic hydroxyl groups is 1. The van der Waals surface area contributed by atoms with Crippen molar-refractivity contribution in [1.29, 1.82) is 0 Å². The predicted molar refractivity (Wildman–Crippen MR) is 221 cm³/mol. The van der Waals surface area contributed by atoms with E-state index >= 15 is 0 Å². The minimum atomic E-state index is -1.17. The summed E-state index contributed by atoms with van der Waals surface area (Å²) in [4.78, 5) is 55.5. The topological polar surface area (TPSA) is 140 Å². The van der Waals surface area contributed by atoms with Gasteiger partial charge in [0.15, 0.2) is 6.10 Å². The van der Waals surface area contributed by atoms with Gasteiger partial charge in [0.05, 0.1) is 31.1 Å². The SMILES string of the molecule is COC(=O)N[C@H](C(=O)N1CCC[C@H]1c1ncc(-c2ccc3cc(-c4ccc(C5=CN=C([C@@H]6CCCN6C(=O)[C@H](O)c6ccccc6)C5)cc4)ccc3c2)[nH]1)C(C)C. The average Bonchev–Trinajstić information content (AvgIpc) is 4.09. The van der Waals surface area contributed by atoms with Crippen LogP contribution in [0.25, 0.3) is 38.7 Å². The molecule has 3 aliphatic heterocycles. The maximum Gasteiger partial charge on any atom is 0.407 e. The van der Waals surface area contributed by atoms with Crippen LogP contribution in [0, 0.1) is 5.92 Å². The summed E-state index contributed by atoms with van der Waals surface area (Å²) in [6.07, 6.45) is 6.01. The Bertz CT molecular complexity index is 2350. The van der Waals surface area contributed by atoms with E-state index in [9.17, 15) is 19.5 Å². The second kappa shape index (κ2) is 16.2. The number of aromatic nitrogens is 2. The van der Waals surface area contributed by atoms with E-state index in [0.29, 0.717) is 25.1 Å². The van der Waals surface area contributed by atoms with Crippen molar-refractivity contribution in [3.8, 4) is 22.4 Å². The zero-order valence-electron chi connectivity index (χ0n) is 32.5. The summed E-state index contributed by atoms with van der Waals surface area (Å²) in [6.45, 7) is 5.04. The fourth-order valence-electron chi connectivity index (χ4n) is 8.45. The van der Waals surface area contributed by atoms with Crippen LogP contribution >= 0.6 is 0 Å². The molecular formula is C46H48N6O5. The highest BCUT2D eigenvalue weighted by molar-refractivity contribution is 6.03. The van der Waals surface area contributed by atoms with Crippen LogP contribution in [0.3, 0.4) is 0 Å². The number of benzene rings is 4. The molecule has 0 bridgehead atoms. The van der Waals surface area contributed by atoms with Gasteiger partial charge < -0.3 is 29.9 Å². The molecule has 5 aromatic rings. The zero-order chi connectivity index (χ0) is 39.6. The zero-order valence-corrected chi connectivity index (χ0v) is 32.5. The number of methoxy groups -OCH3 is 1. The average molecular weight is 765 g/mol. The van der Waals surface area contributed by atoms with Crippen LogP contribution in [0.4, 0.5) is 4.79 Å². The molecule has 0 spiro atoms. The minimum Gasteiger partial charge on any atom is -0.453 e. The molecule has 3 amide bonds. The number of imidazole rings is 1. The fraction of sp³-hybridized carbons (Fsp3) is 0.326. The van der Waals surface area contributed by atoms with Gasteiger partial charge in [-0.2, -0.15) is 0 Å². The van der Waals surface area contributed by atoms with Crippen LogP contribution in [-0.4, -0.2) is 80.8 Å². The minimum absolute atomic E-state index is 0.0995. The highest BCUT2D eigenvalue weighted by Gasteiger charge is 2.38. The number of rotatable bonds is 10. The molecule has 2 fully saturated rings. The van der Waals surface area contributed by atoms with Crippen LogP contribution in [0.5, 0.6) is 0 Å². The van der Waals surface area contributed by atoms with E-state index in [1.54, 1.807) is 17.0 Å². The third-order valence-corrected chi connectivity index (χ3v) is 11.6. The van der Waals surface area contributed by atoms with Crippen molar-refractivity contribution < 1.29 is 24.2 Å². The van der Waals surface area contributed by atoms with Gasteiger partial charge in [0.1, 0.15) is 11.9 Å². The number of likely N-dealkylation sites (tertiary alicyclic amines) is 2. The largest absolute Gasteiger partial charge is 0.453 e. The molecule has 0 aliphatic carbocycles. The number of hydrogen-bond acceptors (Lipinski definition) is 7. The lowest BCUT2D eigenvalue weighted by atomic mass is 9.95. The number of amides is 3. The molecule has 4 aromatic carbocycles. The lowest BCUT2D eigenvalue weighted by Gasteiger charge is -2.30. The number of nitrogens with one attached hydrogen (secondary N) is 2. The summed E-state index contributed by atoms with van der Waals surface area (Å²) < 4.78 is 4.77. The third-order valence-electron chi connectivity index (χ3n) is 11.6. The molecule has 292 valence electrons. The first kappa shape index (κ1) is 37.8. The van der Waals surface area contributed by atoms with E-state index in [1.807, 2.05) is 49.3 Å². The highest BCUT2D eigenvalue weighted by atomic mass is 16.5. The van der Waals surface area contributed by atoms with Gasteiger partial charge in [0, 0.05) is 37.0 Å². The molecular weight excluding hydrogens is 717 g/mol. The lowest BCUT2D eigenvalue weighted by molar-refractivity contribution is -0.140. The summed E-state index contributed by atoms with van der Waals surface area (Å²) in [7, 11) is 1.30. The van der Waals surface area contributed by atoms with Gasteiger partial charge in [-0.25, -0.2) is 9.78 Å². The fourth-order valence-corrected chi connectivity index (χ4v) is 8.45. The number of allylic oxidation sites excluding steroid dienone is 1. The number of carbonyl (C=O) groups excluding carboxylic acids is 3. The quantitative estimate of drug-likeness (QED) is 0.132. The monoisotopic (exact) mass is 764 g/mol. The summed E-state index contributed by atoms with van der Waals surface area (Å²) in [5.41, 5.74) is 7.92. The molecule has 8 rings (SSSR count). The van der Waals surface area contributed by atoms with Gasteiger partial charge in [-0.15, -0.1) is 0 Å². The van der Waals surface area contributed by atoms with E-state index in [0.717, 1.165) is 81.5 Å². The normalized spacial score (nSPS) is 19.1. The molecule has 0 radical (unpaired) electrons. The van der Waals surface area contributed by atoms with Crippen molar-refractivity contribution in [2.75, 3.05) is 20.2 Å². The number of H-pyrrole nitrogens is 1. The van der Waals surface area contributed by atoms with E-state index in [4.69, 9.17) is 14.7 Å². The van der Waals surface area contributed by atoms with Gasteiger partial charge in [-0.05, 0) is 82.3 Å². The number of ether oxygens (including phenoxy) is 1. The molecule has 4 heterocycles. The first-order valence-electron chi connectivity index (χ1n) is 19.8. The van der Waals surface area contributed by atoms with E-state index < -0.39 is 18.2 Å². The molecule has 2 saturated heterocycles. The molecule has 1 aromatic heterocycles. The Kier molecular flexibility index (Phi) is 10.7. The first-order valence-corrected chi connectivity index (χ1v) is 19.8. The standard InChI is InChI=1S/C46H48N6O5/c1-28(2)41(50-46(56)57-3)44(54)52-22-8-12-40(52)43-48-27-38(49-43)35-20-19-33-23-32(17-18-34(33)24-35)29-13-15-30(16-14-29)36-25-37(47-26-36)39-11-7-21-51(39)45(55)42(53)31-9-5-4-6-10-31/h4-6,9-10,13-20,23-24,26-28,39-42,53H,7-8,11-12,21-22,25H2,1-3H3,(H,48,49)(H,50,56)/t39-,40-,41-,42+/m0/s1. The van der Waals surface area contributed by atoms with Gasteiger partial charge in [-0.3, -0.25) is 14.6 Å². The molecule has 57 heavy (non-hydrogen) atoms. The van der Waals surface area contributed by atoms with Crippen molar-refractivity contribution in [3.63, 3.8) is 0 Å². The number of carbonyl (C=O) groups is 3. The predicted octanol–water partition coefficient (Wildman–Crippen LogP) is 7.85. The van der Waals surface area contributed by atoms with Crippen LogP contribution in [0.15, 0.2) is 108 Å². The van der Waals surface area contributed by atoms with Crippen LogP contribution in [-0.2, 0) is 14.3 Å². The highest BCUT2D eigenvalue weighted by Crippen LogP contribution is 2.35. The Hall–Kier alpha value is -6.07. The molecule has 11 heteroatoms. The van der Waals surface area contributed by atoms with Crippen molar-refractivity contribution in [2.45, 2.75) is 70.2 Å². The summed E-state index contributed by atoms with van der Waals surface area (Å²) >= 11 is 0. The second-order valence-electron chi connectivity index (χ2n) is 15.5. The molecule has 3 aliphatic rings. The van der Waals surface area contributed by atoms with E-state index in [-0.39, 0.29) is 29.8 Å².